The Morgan fingerprint density at radius 3 is 2.40 bits per heavy atom. The minimum atomic E-state index is -0.389. The van der Waals surface area contributed by atoms with E-state index in [0.29, 0.717) is 17.7 Å². The van der Waals surface area contributed by atoms with Gasteiger partial charge >= 0.3 is 0 Å². The van der Waals surface area contributed by atoms with Gasteiger partial charge in [0.25, 0.3) is 5.91 Å². The van der Waals surface area contributed by atoms with E-state index in [4.69, 9.17) is 0 Å². The highest BCUT2D eigenvalue weighted by atomic mass is 32.2. The molecule has 2 N–H and O–H groups in total. The van der Waals surface area contributed by atoms with E-state index in [1.807, 2.05) is 56.3 Å². The van der Waals surface area contributed by atoms with Crippen molar-refractivity contribution in [3.63, 3.8) is 0 Å². The Balaban J connectivity index is 1.67. The van der Waals surface area contributed by atoms with Gasteiger partial charge < -0.3 is 10.6 Å². The summed E-state index contributed by atoms with van der Waals surface area (Å²) in [4.78, 5) is 26.0. The summed E-state index contributed by atoms with van der Waals surface area (Å²) in [5.74, 6) is -0.765. The molecule has 0 spiro atoms. The molecule has 1 unspecified atom stereocenters. The molecule has 0 aliphatic rings. The van der Waals surface area contributed by atoms with Gasteiger partial charge in [0.05, 0.1) is 5.25 Å². The van der Waals surface area contributed by atoms with E-state index < -0.39 is 0 Å². The zero-order chi connectivity index (χ0) is 21.5. The first kappa shape index (κ1) is 21.6. The summed E-state index contributed by atoms with van der Waals surface area (Å²) in [6.45, 7) is 3.92. The van der Waals surface area contributed by atoms with Crippen molar-refractivity contribution in [3.05, 3.63) is 89.7 Å². The Labute approximate surface area is 179 Å². The first-order chi connectivity index (χ1) is 14.5. The minimum absolute atomic E-state index is 0.0578. The predicted molar refractivity (Wildman–Crippen MR) is 121 cm³/mol. The molecule has 0 aromatic heterocycles. The van der Waals surface area contributed by atoms with Crippen LogP contribution in [0.15, 0.2) is 77.7 Å². The van der Waals surface area contributed by atoms with Crippen LogP contribution in [0.1, 0.15) is 29.3 Å². The van der Waals surface area contributed by atoms with Crippen molar-refractivity contribution in [2.24, 2.45) is 0 Å². The summed E-state index contributed by atoms with van der Waals surface area (Å²) in [5, 5.41) is 5.53. The van der Waals surface area contributed by atoms with Crippen LogP contribution in [-0.4, -0.2) is 17.1 Å². The van der Waals surface area contributed by atoms with E-state index in [0.717, 1.165) is 16.1 Å². The number of halogens is 1. The van der Waals surface area contributed by atoms with E-state index >= 15 is 0 Å². The zero-order valence-corrected chi connectivity index (χ0v) is 17.6. The van der Waals surface area contributed by atoms with Gasteiger partial charge in [0.1, 0.15) is 5.82 Å². The van der Waals surface area contributed by atoms with Gasteiger partial charge in [-0.05, 0) is 67.4 Å². The van der Waals surface area contributed by atoms with Crippen LogP contribution in [0.2, 0.25) is 0 Å². The van der Waals surface area contributed by atoms with Crippen molar-refractivity contribution in [2.45, 2.75) is 30.4 Å². The van der Waals surface area contributed by atoms with E-state index in [-0.39, 0.29) is 22.9 Å². The molecule has 0 saturated heterocycles. The molecule has 6 heteroatoms. The number of hydrogen-bond acceptors (Lipinski definition) is 3. The maximum atomic E-state index is 13.0. The predicted octanol–water partition coefficient (Wildman–Crippen LogP) is 5.90. The van der Waals surface area contributed by atoms with Crippen LogP contribution in [0.25, 0.3) is 0 Å². The van der Waals surface area contributed by atoms with E-state index in [1.54, 1.807) is 6.07 Å². The van der Waals surface area contributed by atoms with Crippen LogP contribution in [0.4, 0.5) is 15.8 Å². The number of anilines is 2. The summed E-state index contributed by atoms with van der Waals surface area (Å²) < 4.78 is 13.0. The first-order valence-corrected chi connectivity index (χ1v) is 10.5. The monoisotopic (exact) mass is 422 g/mol. The molecule has 3 aromatic carbocycles. The van der Waals surface area contributed by atoms with Crippen molar-refractivity contribution < 1.29 is 14.0 Å². The molecule has 2 amide bonds. The Bertz CT molecular complexity index is 1040. The number of rotatable bonds is 7. The smallest absolute Gasteiger partial charge is 0.255 e. The average Bonchev–Trinajstić information content (AvgIpc) is 2.74. The highest BCUT2D eigenvalue weighted by molar-refractivity contribution is 8.00. The highest BCUT2D eigenvalue weighted by Gasteiger charge is 2.19. The average molecular weight is 423 g/mol. The van der Waals surface area contributed by atoms with Crippen LogP contribution in [0.3, 0.4) is 0 Å². The van der Waals surface area contributed by atoms with Gasteiger partial charge in [-0.3, -0.25) is 9.59 Å². The van der Waals surface area contributed by atoms with Crippen LogP contribution >= 0.6 is 11.8 Å². The van der Waals surface area contributed by atoms with Crippen molar-refractivity contribution in [1.29, 1.82) is 0 Å². The molecule has 0 saturated carbocycles. The van der Waals surface area contributed by atoms with E-state index in [2.05, 4.69) is 10.6 Å². The lowest BCUT2D eigenvalue weighted by Gasteiger charge is -2.16. The number of carbonyl (C=O) groups excluding carboxylic acids is 2. The summed E-state index contributed by atoms with van der Waals surface area (Å²) in [7, 11) is 0. The number of amides is 2. The summed E-state index contributed by atoms with van der Waals surface area (Å²) in [6, 6.07) is 20.4. The molecule has 3 rings (SSSR count). The van der Waals surface area contributed by atoms with Gasteiger partial charge in [0, 0.05) is 21.8 Å². The van der Waals surface area contributed by atoms with Gasteiger partial charge in [-0.2, -0.15) is 0 Å². The second kappa shape index (κ2) is 10.1. The third-order valence-electron chi connectivity index (χ3n) is 4.54. The molecular weight excluding hydrogens is 399 g/mol. The van der Waals surface area contributed by atoms with Crippen molar-refractivity contribution in [2.75, 3.05) is 10.6 Å². The van der Waals surface area contributed by atoms with Gasteiger partial charge in [-0.25, -0.2) is 4.39 Å². The van der Waals surface area contributed by atoms with Gasteiger partial charge in [-0.15, -0.1) is 11.8 Å². The number of carbonyl (C=O) groups is 2. The molecule has 0 aliphatic carbocycles. The fraction of sp³-hybridized carbons (Fsp3) is 0.167. The van der Waals surface area contributed by atoms with Gasteiger partial charge in [0.15, 0.2) is 0 Å². The third kappa shape index (κ3) is 5.70. The fourth-order valence-electron chi connectivity index (χ4n) is 2.86. The van der Waals surface area contributed by atoms with E-state index in [1.165, 1.54) is 36.0 Å². The maximum Gasteiger partial charge on any atom is 0.255 e. The Hall–Kier alpha value is -3.12. The molecule has 0 heterocycles. The highest BCUT2D eigenvalue weighted by Crippen LogP contribution is 2.29. The third-order valence-corrected chi connectivity index (χ3v) is 5.90. The topological polar surface area (TPSA) is 58.2 Å². The van der Waals surface area contributed by atoms with E-state index in [9.17, 15) is 14.0 Å². The first-order valence-electron chi connectivity index (χ1n) is 9.66. The standard InChI is InChI=1S/C24H23FN2O2S/c1-3-22(24(29)27-21-10-5-4-7-16(21)2)30-20-9-6-8-19(15-20)26-23(28)17-11-13-18(25)14-12-17/h4-15,22H,3H2,1-2H3,(H,26,28)(H,27,29). The van der Waals surface area contributed by atoms with Crippen LogP contribution in [0.5, 0.6) is 0 Å². The fourth-order valence-corrected chi connectivity index (χ4v) is 3.88. The number of benzene rings is 3. The maximum absolute atomic E-state index is 13.0. The SMILES string of the molecule is CCC(Sc1cccc(NC(=O)c2ccc(F)cc2)c1)C(=O)Nc1ccccc1C. The molecule has 0 fully saturated rings. The quantitative estimate of drug-likeness (QED) is 0.466. The van der Waals surface area contributed by atoms with Crippen molar-refractivity contribution in [3.8, 4) is 0 Å². The molecule has 1 atom stereocenters. The number of nitrogens with one attached hydrogen (secondary N) is 2. The molecule has 30 heavy (non-hydrogen) atoms. The summed E-state index contributed by atoms with van der Waals surface area (Å²) in [6.07, 6.45) is 0.661. The molecule has 3 aromatic rings. The van der Waals surface area contributed by atoms with Crippen molar-refractivity contribution >= 4 is 35.0 Å². The number of hydrogen-bond donors (Lipinski definition) is 2. The molecule has 0 bridgehead atoms. The van der Waals surface area contributed by atoms with Crippen LogP contribution in [0, 0.1) is 12.7 Å². The minimum Gasteiger partial charge on any atom is -0.325 e. The number of para-hydroxylation sites is 1. The van der Waals surface area contributed by atoms with Crippen LogP contribution in [-0.2, 0) is 4.79 Å². The van der Waals surface area contributed by atoms with Crippen LogP contribution < -0.4 is 10.6 Å². The lowest BCUT2D eigenvalue weighted by Crippen LogP contribution is -2.24. The molecular formula is C24H23FN2O2S. The second-order valence-corrected chi connectivity index (χ2v) is 8.08. The summed E-state index contributed by atoms with van der Waals surface area (Å²) >= 11 is 1.45. The second-order valence-electron chi connectivity index (χ2n) is 6.81. The normalized spacial score (nSPS) is 11.6. The molecule has 0 radical (unpaired) electrons. The van der Waals surface area contributed by atoms with Gasteiger partial charge in [-0.1, -0.05) is 31.2 Å². The van der Waals surface area contributed by atoms with Gasteiger partial charge in [0.2, 0.25) is 5.91 Å². The Kier molecular flexibility index (Phi) is 7.25. The molecule has 0 aliphatic heterocycles. The number of thioether (sulfide) groups is 1. The lowest BCUT2D eigenvalue weighted by molar-refractivity contribution is -0.115. The summed E-state index contributed by atoms with van der Waals surface area (Å²) in [5.41, 5.74) is 2.81. The lowest BCUT2D eigenvalue weighted by atomic mass is 10.2. The zero-order valence-electron chi connectivity index (χ0n) is 16.8. The Morgan fingerprint density at radius 2 is 1.70 bits per heavy atom. The number of aryl methyl sites for hydroxylation is 1. The van der Waals surface area contributed by atoms with Crippen molar-refractivity contribution in [1.82, 2.24) is 0 Å². The molecule has 4 nitrogen and oxygen atoms in total. The molecule has 154 valence electrons. The Morgan fingerprint density at radius 1 is 0.967 bits per heavy atom. The largest absolute Gasteiger partial charge is 0.325 e.